The summed E-state index contributed by atoms with van der Waals surface area (Å²) < 4.78 is 3.14. The van der Waals surface area contributed by atoms with Crippen molar-refractivity contribution in [1.29, 1.82) is 0 Å². The van der Waals surface area contributed by atoms with Gasteiger partial charge in [-0.15, -0.1) is 0 Å². The Morgan fingerprint density at radius 3 is 2.79 bits per heavy atom. The minimum Gasteiger partial charge on any atom is -0.368 e. The minimum absolute atomic E-state index is 0.0453. The molecule has 4 rings (SSSR count). The molecule has 0 atom stereocenters. The molecule has 4 aromatic rings. The Bertz CT molecular complexity index is 1140. The predicted molar refractivity (Wildman–Crippen MR) is 107 cm³/mol. The third-order valence-corrected chi connectivity index (χ3v) is 4.18. The molecule has 0 radical (unpaired) electrons. The van der Waals surface area contributed by atoms with Gasteiger partial charge in [-0.1, -0.05) is 6.07 Å². The standard InChI is InChI=1S/C19H19N9O/c1-12-7-15(24-19(20)23-12)13-9-22-28(10-13)11-18(29)25-17-8-16(26-27(17)2)14-5-3-4-6-21-14/h3-10H,11H2,1-2H3,(H,25,29)(H2,20,23,24). The smallest absolute Gasteiger partial charge is 0.247 e. The second kappa shape index (κ2) is 7.50. The fourth-order valence-electron chi connectivity index (χ4n) is 2.87. The van der Waals surface area contributed by atoms with E-state index in [1.165, 1.54) is 4.68 Å². The monoisotopic (exact) mass is 389 g/mol. The summed E-state index contributed by atoms with van der Waals surface area (Å²) in [5.74, 6) is 0.543. The van der Waals surface area contributed by atoms with E-state index in [1.54, 1.807) is 36.4 Å². The number of anilines is 2. The van der Waals surface area contributed by atoms with Crippen molar-refractivity contribution in [3.63, 3.8) is 0 Å². The maximum absolute atomic E-state index is 12.5. The van der Waals surface area contributed by atoms with E-state index in [9.17, 15) is 4.79 Å². The van der Waals surface area contributed by atoms with Crippen molar-refractivity contribution >= 4 is 17.7 Å². The van der Waals surface area contributed by atoms with E-state index >= 15 is 0 Å². The second-order valence-corrected chi connectivity index (χ2v) is 6.48. The molecule has 0 saturated heterocycles. The quantitative estimate of drug-likeness (QED) is 0.531. The van der Waals surface area contributed by atoms with E-state index in [0.29, 0.717) is 17.2 Å². The van der Waals surface area contributed by atoms with Gasteiger partial charge >= 0.3 is 0 Å². The van der Waals surface area contributed by atoms with E-state index in [0.717, 1.165) is 17.0 Å². The lowest BCUT2D eigenvalue weighted by Crippen LogP contribution is -2.20. The first kappa shape index (κ1) is 18.3. The van der Waals surface area contributed by atoms with Crippen LogP contribution in [0.4, 0.5) is 11.8 Å². The van der Waals surface area contributed by atoms with Gasteiger partial charge in [0.2, 0.25) is 11.9 Å². The first-order valence-corrected chi connectivity index (χ1v) is 8.87. The molecule has 10 nitrogen and oxygen atoms in total. The highest BCUT2D eigenvalue weighted by Crippen LogP contribution is 2.20. The molecule has 0 unspecified atom stereocenters. The summed E-state index contributed by atoms with van der Waals surface area (Å²) in [4.78, 5) is 25.0. The van der Waals surface area contributed by atoms with Crippen molar-refractivity contribution in [1.82, 2.24) is 34.5 Å². The number of aromatic nitrogens is 7. The van der Waals surface area contributed by atoms with Crippen molar-refractivity contribution in [3.05, 3.63) is 54.6 Å². The average Bonchev–Trinajstić information content (AvgIpc) is 3.29. The van der Waals surface area contributed by atoms with E-state index in [-0.39, 0.29) is 18.4 Å². The van der Waals surface area contributed by atoms with Gasteiger partial charge in [-0.25, -0.2) is 9.97 Å². The number of aryl methyl sites for hydroxylation is 2. The van der Waals surface area contributed by atoms with Crippen LogP contribution in [0.15, 0.2) is 48.9 Å². The number of rotatable bonds is 5. The van der Waals surface area contributed by atoms with Gasteiger partial charge in [-0.3, -0.25) is 19.1 Å². The molecule has 0 bridgehead atoms. The van der Waals surface area contributed by atoms with Crippen LogP contribution in [0.3, 0.4) is 0 Å². The lowest BCUT2D eigenvalue weighted by atomic mass is 10.2. The topological polar surface area (TPSA) is 129 Å². The van der Waals surface area contributed by atoms with Crippen LogP contribution in [-0.4, -0.2) is 40.4 Å². The highest BCUT2D eigenvalue weighted by Gasteiger charge is 2.13. The van der Waals surface area contributed by atoms with Crippen LogP contribution in [0.25, 0.3) is 22.6 Å². The van der Waals surface area contributed by atoms with Gasteiger partial charge in [0.05, 0.1) is 17.6 Å². The summed E-state index contributed by atoms with van der Waals surface area (Å²) in [6, 6.07) is 9.18. The number of amides is 1. The molecular formula is C19H19N9O. The van der Waals surface area contributed by atoms with Crippen LogP contribution in [0.5, 0.6) is 0 Å². The van der Waals surface area contributed by atoms with E-state index < -0.39 is 0 Å². The molecular weight excluding hydrogens is 370 g/mol. The van der Waals surface area contributed by atoms with Crippen LogP contribution >= 0.6 is 0 Å². The van der Waals surface area contributed by atoms with E-state index in [1.807, 2.05) is 31.2 Å². The third-order valence-electron chi connectivity index (χ3n) is 4.18. The molecule has 10 heteroatoms. The molecule has 0 aliphatic heterocycles. The molecule has 29 heavy (non-hydrogen) atoms. The van der Waals surface area contributed by atoms with E-state index in [2.05, 4.69) is 30.5 Å². The van der Waals surface area contributed by atoms with Crippen molar-refractivity contribution in [2.45, 2.75) is 13.5 Å². The van der Waals surface area contributed by atoms with Crippen LogP contribution in [0, 0.1) is 6.92 Å². The molecule has 3 N–H and O–H groups in total. The highest BCUT2D eigenvalue weighted by atomic mass is 16.2. The maximum Gasteiger partial charge on any atom is 0.247 e. The Labute approximate surface area is 166 Å². The highest BCUT2D eigenvalue weighted by molar-refractivity contribution is 5.90. The molecule has 0 aromatic carbocycles. The number of hydrogen-bond acceptors (Lipinski definition) is 7. The molecule has 0 spiro atoms. The average molecular weight is 389 g/mol. The van der Waals surface area contributed by atoms with Gasteiger partial charge in [0.1, 0.15) is 18.1 Å². The Hall–Kier alpha value is -4.08. The zero-order valence-corrected chi connectivity index (χ0v) is 15.9. The van der Waals surface area contributed by atoms with Crippen LogP contribution in [0.1, 0.15) is 5.69 Å². The number of carbonyl (C=O) groups is 1. The van der Waals surface area contributed by atoms with E-state index in [4.69, 9.17) is 5.73 Å². The Morgan fingerprint density at radius 1 is 1.17 bits per heavy atom. The zero-order chi connectivity index (χ0) is 20.4. The Balaban J connectivity index is 1.46. The minimum atomic E-state index is -0.228. The van der Waals surface area contributed by atoms with Crippen molar-refractivity contribution < 1.29 is 4.79 Å². The molecule has 146 valence electrons. The number of nitrogens with two attached hydrogens (primary N) is 1. The first-order chi connectivity index (χ1) is 14.0. The van der Waals surface area contributed by atoms with Gasteiger partial charge in [0.25, 0.3) is 0 Å². The molecule has 0 aliphatic rings. The van der Waals surface area contributed by atoms with Crippen LogP contribution in [0.2, 0.25) is 0 Å². The molecule has 1 amide bonds. The number of nitrogens with one attached hydrogen (secondary N) is 1. The van der Waals surface area contributed by atoms with Crippen molar-refractivity contribution in [2.24, 2.45) is 7.05 Å². The summed E-state index contributed by atoms with van der Waals surface area (Å²) >= 11 is 0. The number of nitrogens with zero attached hydrogens (tertiary/aromatic N) is 7. The Kier molecular flexibility index (Phi) is 4.73. The number of nitrogen functional groups attached to an aromatic ring is 1. The lowest BCUT2D eigenvalue weighted by molar-refractivity contribution is -0.116. The lowest BCUT2D eigenvalue weighted by Gasteiger charge is -2.05. The number of carbonyl (C=O) groups excluding carboxylic acids is 1. The molecule has 4 aromatic heterocycles. The summed E-state index contributed by atoms with van der Waals surface area (Å²) in [6.07, 6.45) is 5.07. The predicted octanol–water partition coefficient (Wildman–Crippen LogP) is 1.66. The first-order valence-electron chi connectivity index (χ1n) is 8.87. The molecule has 0 fully saturated rings. The zero-order valence-electron chi connectivity index (χ0n) is 15.9. The number of pyridine rings is 1. The van der Waals surface area contributed by atoms with Gasteiger partial charge in [-0.05, 0) is 25.1 Å². The summed E-state index contributed by atoms with van der Waals surface area (Å²) in [6.45, 7) is 1.89. The fourth-order valence-corrected chi connectivity index (χ4v) is 2.87. The van der Waals surface area contributed by atoms with Gasteiger partial charge < -0.3 is 11.1 Å². The fraction of sp³-hybridized carbons (Fsp3) is 0.158. The van der Waals surface area contributed by atoms with Crippen LogP contribution < -0.4 is 11.1 Å². The summed E-state index contributed by atoms with van der Waals surface area (Å²) in [5.41, 5.74) is 9.30. The molecule has 4 heterocycles. The van der Waals surface area contributed by atoms with Crippen molar-refractivity contribution in [3.8, 4) is 22.6 Å². The summed E-state index contributed by atoms with van der Waals surface area (Å²) in [5, 5.41) is 11.5. The second-order valence-electron chi connectivity index (χ2n) is 6.48. The number of hydrogen-bond donors (Lipinski definition) is 2. The third kappa shape index (κ3) is 4.10. The van der Waals surface area contributed by atoms with Crippen molar-refractivity contribution in [2.75, 3.05) is 11.1 Å². The van der Waals surface area contributed by atoms with Gasteiger partial charge in [0.15, 0.2) is 0 Å². The SMILES string of the molecule is Cc1cc(-c2cnn(CC(=O)Nc3cc(-c4ccccn4)nn3C)c2)nc(N)n1. The molecule has 0 aliphatic carbocycles. The van der Waals surface area contributed by atoms with Gasteiger partial charge in [-0.2, -0.15) is 10.2 Å². The maximum atomic E-state index is 12.5. The normalized spacial score (nSPS) is 10.8. The molecule has 0 saturated carbocycles. The van der Waals surface area contributed by atoms with Gasteiger partial charge in [0, 0.05) is 36.8 Å². The largest absolute Gasteiger partial charge is 0.368 e. The van der Waals surface area contributed by atoms with Crippen LogP contribution in [-0.2, 0) is 18.4 Å². The summed E-state index contributed by atoms with van der Waals surface area (Å²) in [7, 11) is 1.76. The Morgan fingerprint density at radius 2 is 2.03 bits per heavy atom.